The average Bonchev–Trinajstić information content (AvgIpc) is 2.58. The Morgan fingerprint density at radius 2 is 2.09 bits per heavy atom. The van der Waals surface area contributed by atoms with Crippen LogP contribution in [-0.2, 0) is 0 Å². The summed E-state index contributed by atoms with van der Waals surface area (Å²) in [6.07, 6.45) is 6.02. The topological polar surface area (TPSA) is 93.9 Å². The summed E-state index contributed by atoms with van der Waals surface area (Å²) in [5.74, 6) is 1.13. The Hall–Kier alpha value is -2.36. The quantitative estimate of drug-likeness (QED) is 0.854. The number of anilines is 1. The van der Waals surface area contributed by atoms with Crippen LogP contribution in [0.3, 0.4) is 0 Å². The van der Waals surface area contributed by atoms with Gasteiger partial charge in [-0.05, 0) is 25.2 Å². The highest BCUT2D eigenvalue weighted by Crippen LogP contribution is 2.22. The predicted octanol–water partition coefficient (Wildman–Crippen LogP) is 1.27. The fraction of sp³-hybridized carbons (Fsp3) is 0.600. The molecular formula is C15H22N6O. The minimum absolute atomic E-state index is 0.0926. The van der Waals surface area contributed by atoms with E-state index in [0.29, 0.717) is 30.5 Å². The molecule has 0 saturated carbocycles. The van der Waals surface area contributed by atoms with Crippen molar-refractivity contribution < 1.29 is 4.79 Å². The van der Waals surface area contributed by atoms with Crippen LogP contribution in [0.5, 0.6) is 0 Å². The normalized spacial score (nSPS) is 15.2. The van der Waals surface area contributed by atoms with Crippen LogP contribution in [-0.4, -0.2) is 42.2 Å². The Bertz CT molecular complexity index is 533. The molecule has 0 bridgehead atoms. The zero-order valence-corrected chi connectivity index (χ0v) is 12.9. The second-order valence-electron chi connectivity index (χ2n) is 5.41. The largest absolute Gasteiger partial charge is 0.354 e. The van der Waals surface area contributed by atoms with Gasteiger partial charge in [0.15, 0.2) is 11.5 Å². The van der Waals surface area contributed by atoms with Crippen molar-refractivity contribution in [3.63, 3.8) is 0 Å². The summed E-state index contributed by atoms with van der Waals surface area (Å²) in [4.78, 5) is 21.9. The number of hydrogen-bond acceptors (Lipinski definition) is 5. The second kappa shape index (κ2) is 8.17. The number of amides is 2. The fourth-order valence-electron chi connectivity index (χ4n) is 2.53. The van der Waals surface area contributed by atoms with Crippen LogP contribution >= 0.6 is 0 Å². The molecule has 2 rings (SSSR count). The summed E-state index contributed by atoms with van der Waals surface area (Å²) < 4.78 is 0. The molecule has 0 aromatic carbocycles. The molecule has 7 nitrogen and oxygen atoms in total. The maximum atomic E-state index is 11.5. The third kappa shape index (κ3) is 4.32. The maximum absolute atomic E-state index is 11.5. The van der Waals surface area contributed by atoms with Crippen molar-refractivity contribution in [1.82, 2.24) is 20.6 Å². The van der Waals surface area contributed by atoms with E-state index < -0.39 is 0 Å². The summed E-state index contributed by atoms with van der Waals surface area (Å²) >= 11 is 0. The standard InChI is InChI=1S/C15H22N6O/c1-2-5-19-15(22)20-11-12-3-8-21(9-4-12)14-13(10-16)17-6-7-18-14/h6-7,12H,2-5,8-9,11H2,1H3,(H2,19,20,22). The van der Waals surface area contributed by atoms with Gasteiger partial charge in [-0.25, -0.2) is 14.8 Å². The Morgan fingerprint density at radius 1 is 1.36 bits per heavy atom. The van der Waals surface area contributed by atoms with Crippen molar-refractivity contribution in [1.29, 1.82) is 5.26 Å². The molecule has 1 aromatic rings. The van der Waals surface area contributed by atoms with Crippen molar-refractivity contribution in [3.05, 3.63) is 18.1 Å². The summed E-state index contributed by atoms with van der Waals surface area (Å²) in [6, 6.07) is 1.99. The van der Waals surface area contributed by atoms with Gasteiger partial charge >= 0.3 is 6.03 Å². The molecule has 0 unspecified atom stereocenters. The van der Waals surface area contributed by atoms with Crippen LogP contribution in [0.2, 0.25) is 0 Å². The van der Waals surface area contributed by atoms with Gasteiger partial charge in [-0.1, -0.05) is 6.92 Å². The van der Waals surface area contributed by atoms with Gasteiger partial charge in [0.25, 0.3) is 0 Å². The fourth-order valence-corrected chi connectivity index (χ4v) is 2.53. The minimum atomic E-state index is -0.0926. The molecule has 118 valence electrons. The summed E-state index contributed by atoms with van der Waals surface area (Å²) in [6.45, 7) is 5.08. The predicted molar refractivity (Wildman–Crippen MR) is 83.4 cm³/mol. The molecule has 7 heteroatoms. The van der Waals surface area contributed by atoms with Crippen LogP contribution in [0.25, 0.3) is 0 Å². The number of carbonyl (C=O) groups excluding carboxylic acids is 1. The summed E-state index contributed by atoms with van der Waals surface area (Å²) in [5, 5.41) is 14.8. The van der Waals surface area contributed by atoms with Crippen molar-refractivity contribution in [2.45, 2.75) is 26.2 Å². The van der Waals surface area contributed by atoms with E-state index in [1.165, 1.54) is 6.20 Å². The third-order valence-electron chi connectivity index (χ3n) is 3.79. The maximum Gasteiger partial charge on any atom is 0.314 e. The molecule has 0 atom stereocenters. The molecule has 1 aliphatic rings. The number of nitriles is 1. The second-order valence-corrected chi connectivity index (χ2v) is 5.41. The Labute approximate surface area is 130 Å². The van der Waals surface area contributed by atoms with E-state index in [-0.39, 0.29) is 6.03 Å². The van der Waals surface area contributed by atoms with E-state index in [4.69, 9.17) is 5.26 Å². The minimum Gasteiger partial charge on any atom is -0.354 e. The van der Waals surface area contributed by atoms with Crippen molar-refractivity contribution in [3.8, 4) is 6.07 Å². The molecule has 1 aliphatic heterocycles. The number of nitrogens with zero attached hydrogens (tertiary/aromatic N) is 4. The first-order valence-corrected chi connectivity index (χ1v) is 7.72. The van der Waals surface area contributed by atoms with Crippen LogP contribution < -0.4 is 15.5 Å². The number of rotatable bonds is 5. The molecule has 0 radical (unpaired) electrons. The van der Waals surface area contributed by atoms with E-state index in [0.717, 1.165) is 32.4 Å². The molecule has 0 spiro atoms. The van der Waals surface area contributed by atoms with E-state index in [9.17, 15) is 4.79 Å². The SMILES string of the molecule is CCCNC(=O)NCC1CCN(c2nccnc2C#N)CC1. The lowest BCUT2D eigenvalue weighted by Crippen LogP contribution is -2.42. The average molecular weight is 302 g/mol. The van der Waals surface area contributed by atoms with E-state index in [1.54, 1.807) is 6.20 Å². The monoisotopic (exact) mass is 302 g/mol. The number of piperidine rings is 1. The summed E-state index contributed by atoms with van der Waals surface area (Å²) in [7, 11) is 0. The van der Waals surface area contributed by atoms with Crippen LogP contribution in [0.1, 0.15) is 31.9 Å². The van der Waals surface area contributed by atoms with Gasteiger partial charge in [0.2, 0.25) is 0 Å². The molecule has 2 amide bonds. The zero-order chi connectivity index (χ0) is 15.8. The van der Waals surface area contributed by atoms with Gasteiger partial charge < -0.3 is 15.5 Å². The van der Waals surface area contributed by atoms with E-state index in [2.05, 4.69) is 31.6 Å². The van der Waals surface area contributed by atoms with E-state index in [1.807, 2.05) is 6.92 Å². The van der Waals surface area contributed by atoms with Crippen molar-refractivity contribution in [2.24, 2.45) is 5.92 Å². The molecule has 1 aromatic heterocycles. The number of hydrogen-bond donors (Lipinski definition) is 2. The third-order valence-corrected chi connectivity index (χ3v) is 3.79. The molecule has 2 N–H and O–H groups in total. The Balaban J connectivity index is 1.78. The van der Waals surface area contributed by atoms with Crippen LogP contribution in [0.4, 0.5) is 10.6 Å². The lowest BCUT2D eigenvalue weighted by atomic mass is 9.97. The lowest BCUT2D eigenvalue weighted by Gasteiger charge is -2.32. The molecule has 0 aliphatic carbocycles. The Kier molecular flexibility index (Phi) is 5.95. The van der Waals surface area contributed by atoms with Gasteiger partial charge in [-0.2, -0.15) is 5.26 Å². The first-order valence-electron chi connectivity index (χ1n) is 7.72. The van der Waals surface area contributed by atoms with E-state index >= 15 is 0 Å². The highest BCUT2D eigenvalue weighted by Gasteiger charge is 2.22. The van der Waals surface area contributed by atoms with Crippen molar-refractivity contribution >= 4 is 11.8 Å². The number of nitrogens with one attached hydrogen (secondary N) is 2. The molecule has 22 heavy (non-hydrogen) atoms. The van der Waals surface area contributed by atoms with Gasteiger partial charge in [0, 0.05) is 38.6 Å². The Morgan fingerprint density at radius 3 is 2.77 bits per heavy atom. The highest BCUT2D eigenvalue weighted by molar-refractivity contribution is 5.73. The highest BCUT2D eigenvalue weighted by atomic mass is 16.2. The molecule has 2 heterocycles. The van der Waals surface area contributed by atoms with Gasteiger partial charge in [-0.3, -0.25) is 0 Å². The number of aromatic nitrogens is 2. The summed E-state index contributed by atoms with van der Waals surface area (Å²) in [5.41, 5.74) is 0.373. The van der Waals surface area contributed by atoms with Gasteiger partial charge in [-0.15, -0.1) is 0 Å². The lowest BCUT2D eigenvalue weighted by molar-refractivity contribution is 0.237. The van der Waals surface area contributed by atoms with Crippen molar-refractivity contribution in [2.75, 3.05) is 31.1 Å². The first-order chi connectivity index (χ1) is 10.7. The van der Waals surface area contributed by atoms with Crippen LogP contribution in [0, 0.1) is 17.2 Å². The van der Waals surface area contributed by atoms with Gasteiger partial charge in [0.1, 0.15) is 6.07 Å². The first kappa shape index (κ1) is 16.0. The smallest absolute Gasteiger partial charge is 0.314 e. The molecule has 1 fully saturated rings. The van der Waals surface area contributed by atoms with Crippen LogP contribution in [0.15, 0.2) is 12.4 Å². The molecule has 1 saturated heterocycles. The number of urea groups is 1. The molecular weight excluding hydrogens is 280 g/mol. The van der Waals surface area contributed by atoms with Gasteiger partial charge in [0.05, 0.1) is 0 Å². The number of carbonyl (C=O) groups is 1. The zero-order valence-electron chi connectivity index (χ0n) is 12.9.